The summed E-state index contributed by atoms with van der Waals surface area (Å²) in [5.41, 5.74) is 1.57. The second kappa shape index (κ2) is 5.82. The van der Waals surface area contributed by atoms with E-state index < -0.39 is 15.3 Å². The Balaban J connectivity index is 1.67. The molecule has 3 rings (SSSR count). The van der Waals surface area contributed by atoms with E-state index in [4.69, 9.17) is 4.74 Å². The molecule has 126 valence electrons. The summed E-state index contributed by atoms with van der Waals surface area (Å²) in [7, 11) is -1.27. The van der Waals surface area contributed by atoms with Crippen LogP contribution in [0, 0.1) is 12.8 Å². The molecule has 1 N–H and O–H groups in total. The van der Waals surface area contributed by atoms with E-state index in [1.165, 1.54) is 0 Å². The van der Waals surface area contributed by atoms with Gasteiger partial charge in [0.05, 0.1) is 24.0 Å². The van der Waals surface area contributed by atoms with Gasteiger partial charge < -0.3 is 10.1 Å². The SMILES string of the molecule is COc1cc(C2(C(=O)NC[C@H]3CCS(=O)(=O)C3)CC2)ccc1C. The highest BCUT2D eigenvalue weighted by Gasteiger charge is 2.51. The molecule has 0 spiro atoms. The van der Waals surface area contributed by atoms with Crippen LogP contribution in [-0.2, 0) is 20.0 Å². The summed E-state index contributed by atoms with van der Waals surface area (Å²) in [5, 5.41) is 2.97. The lowest BCUT2D eigenvalue weighted by atomic mass is 9.93. The van der Waals surface area contributed by atoms with Crippen molar-refractivity contribution in [2.24, 2.45) is 5.92 Å². The number of aryl methyl sites for hydroxylation is 1. The number of methoxy groups -OCH3 is 1. The number of ether oxygens (including phenoxy) is 1. The molecular formula is C17H23NO4S. The number of carbonyl (C=O) groups excluding carboxylic acids is 1. The molecule has 1 atom stereocenters. The lowest BCUT2D eigenvalue weighted by Gasteiger charge is -2.18. The Bertz CT molecular complexity index is 722. The third-order valence-corrected chi connectivity index (χ3v) is 6.86. The Hall–Kier alpha value is -1.56. The van der Waals surface area contributed by atoms with Crippen LogP contribution in [0.15, 0.2) is 18.2 Å². The Kier molecular flexibility index (Phi) is 4.12. The summed E-state index contributed by atoms with van der Waals surface area (Å²) < 4.78 is 28.3. The molecule has 1 heterocycles. The van der Waals surface area contributed by atoms with E-state index in [-0.39, 0.29) is 23.3 Å². The lowest BCUT2D eigenvalue weighted by Crippen LogP contribution is -2.38. The molecule has 5 nitrogen and oxygen atoms in total. The molecule has 0 radical (unpaired) electrons. The number of hydrogen-bond acceptors (Lipinski definition) is 4. The normalized spacial score (nSPS) is 24.2. The van der Waals surface area contributed by atoms with E-state index in [1.54, 1.807) is 7.11 Å². The minimum atomic E-state index is -2.90. The van der Waals surface area contributed by atoms with Crippen LogP contribution in [0.2, 0.25) is 0 Å². The van der Waals surface area contributed by atoms with Gasteiger partial charge in [-0.2, -0.15) is 0 Å². The lowest BCUT2D eigenvalue weighted by molar-refractivity contribution is -0.123. The van der Waals surface area contributed by atoms with Crippen molar-refractivity contribution >= 4 is 15.7 Å². The zero-order valence-electron chi connectivity index (χ0n) is 13.6. The average molecular weight is 337 g/mol. The summed E-state index contributed by atoms with van der Waals surface area (Å²) in [5.74, 6) is 1.29. The summed E-state index contributed by atoms with van der Waals surface area (Å²) in [6.07, 6.45) is 2.30. The van der Waals surface area contributed by atoms with E-state index in [1.807, 2.05) is 25.1 Å². The topological polar surface area (TPSA) is 72.5 Å². The number of hydrogen-bond donors (Lipinski definition) is 1. The molecule has 1 aromatic carbocycles. The maximum Gasteiger partial charge on any atom is 0.230 e. The van der Waals surface area contributed by atoms with Crippen molar-refractivity contribution in [3.05, 3.63) is 29.3 Å². The van der Waals surface area contributed by atoms with Gasteiger partial charge in [0, 0.05) is 6.54 Å². The Morgan fingerprint density at radius 3 is 2.70 bits per heavy atom. The van der Waals surface area contributed by atoms with Gasteiger partial charge in [0.15, 0.2) is 9.84 Å². The number of sulfone groups is 1. The largest absolute Gasteiger partial charge is 0.496 e. The maximum atomic E-state index is 12.6. The van der Waals surface area contributed by atoms with Crippen LogP contribution in [-0.4, -0.2) is 39.5 Å². The summed E-state index contributed by atoms with van der Waals surface area (Å²) >= 11 is 0. The predicted octanol–water partition coefficient (Wildman–Crippen LogP) is 1.59. The zero-order valence-corrected chi connectivity index (χ0v) is 14.4. The number of benzene rings is 1. The fraction of sp³-hybridized carbons (Fsp3) is 0.588. The molecule has 2 aliphatic rings. The molecule has 0 aromatic heterocycles. The van der Waals surface area contributed by atoms with Gasteiger partial charge in [0.25, 0.3) is 0 Å². The van der Waals surface area contributed by atoms with Gasteiger partial charge in [-0.15, -0.1) is 0 Å². The van der Waals surface area contributed by atoms with Crippen molar-refractivity contribution in [3.63, 3.8) is 0 Å². The monoisotopic (exact) mass is 337 g/mol. The minimum Gasteiger partial charge on any atom is -0.496 e. The van der Waals surface area contributed by atoms with Gasteiger partial charge >= 0.3 is 0 Å². The highest BCUT2D eigenvalue weighted by Crippen LogP contribution is 2.49. The Morgan fingerprint density at radius 2 is 2.13 bits per heavy atom. The van der Waals surface area contributed by atoms with Crippen molar-refractivity contribution in [1.82, 2.24) is 5.32 Å². The van der Waals surface area contributed by atoms with Crippen LogP contribution < -0.4 is 10.1 Å². The van der Waals surface area contributed by atoms with E-state index in [0.717, 1.165) is 29.7 Å². The van der Waals surface area contributed by atoms with E-state index in [9.17, 15) is 13.2 Å². The Morgan fingerprint density at radius 1 is 1.39 bits per heavy atom. The summed E-state index contributed by atoms with van der Waals surface area (Å²) in [6.45, 7) is 2.42. The Labute approximate surface area is 137 Å². The summed E-state index contributed by atoms with van der Waals surface area (Å²) in [6, 6.07) is 5.91. The first-order valence-electron chi connectivity index (χ1n) is 8.00. The molecule has 1 aliphatic carbocycles. The number of amides is 1. The van der Waals surface area contributed by atoms with Crippen LogP contribution in [0.25, 0.3) is 0 Å². The number of nitrogens with one attached hydrogen (secondary N) is 1. The zero-order chi connectivity index (χ0) is 16.7. The third-order valence-electron chi connectivity index (χ3n) is 5.02. The van der Waals surface area contributed by atoms with Crippen LogP contribution in [0.1, 0.15) is 30.4 Å². The molecule has 1 aromatic rings. The predicted molar refractivity (Wildman–Crippen MR) is 88.4 cm³/mol. The summed E-state index contributed by atoms with van der Waals surface area (Å²) in [4.78, 5) is 12.6. The first kappa shape index (κ1) is 16.3. The average Bonchev–Trinajstić information content (AvgIpc) is 3.25. The highest BCUT2D eigenvalue weighted by molar-refractivity contribution is 7.91. The van der Waals surface area contributed by atoms with Gasteiger partial charge in [0.2, 0.25) is 5.91 Å². The van der Waals surface area contributed by atoms with Gasteiger partial charge in [-0.05, 0) is 49.3 Å². The fourth-order valence-electron chi connectivity index (χ4n) is 3.33. The van der Waals surface area contributed by atoms with Gasteiger partial charge in [-0.25, -0.2) is 8.42 Å². The fourth-order valence-corrected chi connectivity index (χ4v) is 5.19. The molecule has 1 saturated carbocycles. The van der Waals surface area contributed by atoms with Crippen molar-refractivity contribution in [2.45, 2.75) is 31.6 Å². The van der Waals surface area contributed by atoms with Gasteiger partial charge in [0.1, 0.15) is 5.75 Å². The second-order valence-electron chi connectivity index (χ2n) is 6.75. The molecule has 0 bridgehead atoms. The molecule has 1 saturated heterocycles. The highest BCUT2D eigenvalue weighted by atomic mass is 32.2. The molecule has 1 amide bonds. The van der Waals surface area contributed by atoms with Crippen LogP contribution in [0.3, 0.4) is 0 Å². The first-order chi connectivity index (χ1) is 10.9. The van der Waals surface area contributed by atoms with Gasteiger partial charge in [-0.3, -0.25) is 4.79 Å². The molecular weight excluding hydrogens is 314 g/mol. The van der Waals surface area contributed by atoms with Crippen LogP contribution >= 0.6 is 0 Å². The standard InChI is InChI=1S/C17H23NO4S/c1-12-3-4-14(9-15(12)22-2)17(6-7-17)16(19)18-10-13-5-8-23(20,21)11-13/h3-4,9,13H,5-8,10-11H2,1-2H3,(H,18,19)/t13-/m1/s1. The molecule has 6 heteroatoms. The van der Waals surface area contributed by atoms with Crippen molar-refractivity contribution in [2.75, 3.05) is 25.2 Å². The van der Waals surface area contributed by atoms with Crippen molar-refractivity contribution < 1.29 is 17.9 Å². The van der Waals surface area contributed by atoms with E-state index in [2.05, 4.69) is 5.32 Å². The van der Waals surface area contributed by atoms with Crippen molar-refractivity contribution in [1.29, 1.82) is 0 Å². The van der Waals surface area contributed by atoms with Crippen molar-refractivity contribution in [3.8, 4) is 5.75 Å². The van der Waals surface area contributed by atoms with Gasteiger partial charge in [-0.1, -0.05) is 12.1 Å². The quantitative estimate of drug-likeness (QED) is 0.885. The smallest absolute Gasteiger partial charge is 0.230 e. The van der Waals surface area contributed by atoms with Crippen LogP contribution in [0.5, 0.6) is 5.75 Å². The van der Waals surface area contributed by atoms with E-state index in [0.29, 0.717) is 13.0 Å². The van der Waals surface area contributed by atoms with E-state index >= 15 is 0 Å². The second-order valence-corrected chi connectivity index (χ2v) is 8.97. The minimum absolute atomic E-state index is 0.00713. The number of rotatable bonds is 5. The third kappa shape index (κ3) is 3.22. The molecule has 0 unspecified atom stereocenters. The number of carbonyl (C=O) groups is 1. The maximum absolute atomic E-state index is 12.6. The molecule has 23 heavy (non-hydrogen) atoms. The molecule has 1 aliphatic heterocycles. The van der Waals surface area contributed by atoms with Crippen LogP contribution in [0.4, 0.5) is 0 Å². The first-order valence-corrected chi connectivity index (χ1v) is 9.82. The molecule has 2 fully saturated rings.